The summed E-state index contributed by atoms with van der Waals surface area (Å²) in [6.07, 6.45) is 11.0. The molecule has 0 aromatic rings. The van der Waals surface area contributed by atoms with Crippen molar-refractivity contribution in [1.82, 2.24) is 4.90 Å². The van der Waals surface area contributed by atoms with E-state index in [1.54, 1.807) is 0 Å². The van der Waals surface area contributed by atoms with Crippen LogP contribution in [-0.2, 0) is 0 Å². The van der Waals surface area contributed by atoms with Crippen molar-refractivity contribution >= 4 is 0 Å². The molecule has 1 heterocycles. The Morgan fingerprint density at radius 1 is 1.00 bits per heavy atom. The lowest BCUT2D eigenvalue weighted by atomic mass is 9.90. The fourth-order valence-corrected chi connectivity index (χ4v) is 3.22. The summed E-state index contributed by atoms with van der Waals surface area (Å²) in [5, 5.41) is 0. The van der Waals surface area contributed by atoms with Crippen molar-refractivity contribution < 1.29 is 0 Å². The van der Waals surface area contributed by atoms with Crippen LogP contribution in [0.25, 0.3) is 4.85 Å². The highest BCUT2D eigenvalue weighted by molar-refractivity contribution is 4.88. The third kappa shape index (κ3) is 2.72. The molecule has 1 aliphatic carbocycles. The second kappa shape index (κ2) is 5.51. The molecule has 0 aromatic carbocycles. The van der Waals surface area contributed by atoms with Gasteiger partial charge in [0.2, 0.25) is 6.54 Å². The quantitative estimate of drug-likeness (QED) is 0.630. The molecule has 2 aliphatic rings. The van der Waals surface area contributed by atoms with Gasteiger partial charge >= 0.3 is 0 Å². The van der Waals surface area contributed by atoms with E-state index in [9.17, 15) is 0 Å². The molecule has 2 rings (SSSR count). The van der Waals surface area contributed by atoms with Crippen molar-refractivity contribution in [2.75, 3.05) is 13.1 Å². The van der Waals surface area contributed by atoms with Crippen LogP contribution in [0.1, 0.15) is 51.4 Å². The van der Waals surface area contributed by atoms with Crippen molar-refractivity contribution in [2.24, 2.45) is 0 Å². The van der Waals surface area contributed by atoms with Crippen molar-refractivity contribution in [3.05, 3.63) is 11.4 Å². The van der Waals surface area contributed by atoms with Crippen LogP contribution in [0, 0.1) is 6.57 Å². The van der Waals surface area contributed by atoms with Gasteiger partial charge in [-0.15, -0.1) is 0 Å². The van der Waals surface area contributed by atoms with E-state index in [0.717, 1.165) is 12.6 Å². The molecule has 2 heteroatoms. The first-order chi connectivity index (χ1) is 7.42. The summed E-state index contributed by atoms with van der Waals surface area (Å²) < 4.78 is 0. The Labute approximate surface area is 93.5 Å². The van der Waals surface area contributed by atoms with E-state index in [0.29, 0.717) is 6.04 Å². The van der Waals surface area contributed by atoms with E-state index < -0.39 is 0 Å². The Morgan fingerprint density at radius 2 is 1.73 bits per heavy atom. The number of nitrogens with zero attached hydrogens (tertiary/aromatic N) is 2. The molecule has 0 bridgehead atoms. The summed E-state index contributed by atoms with van der Waals surface area (Å²) in [5.41, 5.74) is 0. The van der Waals surface area contributed by atoms with Gasteiger partial charge in [-0.25, -0.2) is 6.57 Å². The van der Waals surface area contributed by atoms with Crippen LogP contribution in [0.2, 0.25) is 0 Å². The second-order valence-corrected chi connectivity index (χ2v) is 5.02. The van der Waals surface area contributed by atoms with Crippen LogP contribution >= 0.6 is 0 Å². The van der Waals surface area contributed by atoms with Gasteiger partial charge in [-0.1, -0.05) is 25.7 Å². The van der Waals surface area contributed by atoms with Crippen LogP contribution in [0.15, 0.2) is 0 Å². The molecule has 1 saturated carbocycles. The average molecular weight is 206 g/mol. The first kappa shape index (κ1) is 11.0. The lowest BCUT2D eigenvalue weighted by molar-refractivity contribution is 0.0804. The van der Waals surface area contributed by atoms with Crippen molar-refractivity contribution in [2.45, 2.75) is 63.5 Å². The summed E-state index contributed by atoms with van der Waals surface area (Å²) in [6, 6.07) is 1.39. The van der Waals surface area contributed by atoms with E-state index in [4.69, 9.17) is 6.57 Å². The van der Waals surface area contributed by atoms with Crippen LogP contribution in [0.5, 0.6) is 0 Å². The van der Waals surface area contributed by atoms with Crippen LogP contribution < -0.4 is 0 Å². The Bertz CT molecular complexity index is 225. The maximum Gasteiger partial charge on any atom is 0.229 e. The third-order valence-electron chi connectivity index (χ3n) is 4.02. The maximum absolute atomic E-state index is 7.04. The molecule has 2 nitrogen and oxygen atoms in total. The number of likely N-dealkylation sites (tertiary alicyclic amines) is 1. The molecule has 0 amide bonds. The molecule has 0 spiro atoms. The first-order valence-corrected chi connectivity index (χ1v) is 6.51. The molecule has 0 radical (unpaired) electrons. The molecule has 0 N–H and O–H groups in total. The van der Waals surface area contributed by atoms with Gasteiger partial charge in [0, 0.05) is 6.04 Å². The predicted octanol–water partition coefficient (Wildman–Crippen LogP) is 3.09. The summed E-state index contributed by atoms with van der Waals surface area (Å²) in [4.78, 5) is 6.28. The molecule has 1 unspecified atom stereocenters. The van der Waals surface area contributed by atoms with Crippen LogP contribution in [0.3, 0.4) is 0 Å². The normalized spacial score (nSPS) is 29.9. The van der Waals surface area contributed by atoms with E-state index in [-0.39, 0.29) is 0 Å². The zero-order chi connectivity index (χ0) is 10.5. The molecule has 0 aromatic heterocycles. The highest BCUT2D eigenvalue weighted by atomic mass is 15.2. The van der Waals surface area contributed by atoms with Gasteiger partial charge in [0.05, 0.1) is 6.04 Å². The van der Waals surface area contributed by atoms with Gasteiger partial charge in [0.1, 0.15) is 0 Å². The topological polar surface area (TPSA) is 7.60 Å². The molecule has 1 atom stereocenters. The molecular weight excluding hydrogens is 184 g/mol. The lowest BCUT2D eigenvalue weighted by Crippen LogP contribution is -2.48. The molecule has 84 valence electrons. The van der Waals surface area contributed by atoms with Gasteiger partial charge in [-0.05, 0) is 32.2 Å². The highest BCUT2D eigenvalue weighted by Crippen LogP contribution is 2.28. The second-order valence-electron chi connectivity index (χ2n) is 5.02. The minimum absolute atomic E-state index is 0.583. The SMILES string of the molecule is [C-]#[N+]CC1CCCCN1C1CCCCC1. The smallest absolute Gasteiger partial charge is 0.229 e. The van der Waals surface area contributed by atoms with Crippen molar-refractivity contribution in [3.8, 4) is 0 Å². The zero-order valence-electron chi connectivity index (χ0n) is 9.62. The largest absolute Gasteiger partial charge is 0.315 e. The number of piperidine rings is 1. The van der Waals surface area contributed by atoms with Crippen molar-refractivity contribution in [1.29, 1.82) is 0 Å². The Hall–Kier alpha value is -0.550. The average Bonchev–Trinajstić information content (AvgIpc) is 2.31. The highest BCUT2D eigenvalue weighted by Gasteiger charge is 2.31. The number of rotatable bonds is 2. The van der Waals surface area contributed by atoms with Gasteiger partial charge in [-0.2, -0.15) is 0 Å². The Kier molecular flexibility index (Phi) is 4.02. The molecule has 15 heavy (non-hydrogen) atoms. The van der Waals surface area contributed by atoms with Gasteiger partial charge in [0.15, 0.2) is 0 Å². The summed E-state index contributed by atoms with van der Waals surface area (Å²) in [6.45, 7) is 9.03. The summed E-state index contributed by atoms with van der Waals surface area (Å²) in [5.74, 6) is 0. The summed E-state index contributed by atoms with van der Waals surface area (Å²) in [7, 11) is 0. The van der Waals surface area contributed by atoms with E-state index >= 15 is 0 Å². The zero-order valence-corrected chi connectivity index (χ0v) is 9.62. The maximum atomic E-state index is 7.04. The van der Waals surface area contributed by atoms with Gasteiger partial charge in [0.25, 0.3) is 0 Å². The van der Waals surface area contributed by atoms with E-state index in [2.05, 4.69) is 9.74 Å². The van der Waals surface area contributed by atoms with Crippen molar-refractivity contribution in [3.63, 3.8) is 0 Å². The Morgan fingerprint density at radius 3 is 2.47 bits per heavy atom. The van der Waals surface area contributed by atoms with Crippen LogP contribution in [0.4, 0.5) is 0 Å². The summed E-state index contributed by atoms with van der Waals surface area (Å²) >= 11 is 0. The molecule has 1 saturated heterocycles. The number of hydrogen-bond acceptors (Lipinski definition) is 1. The monoisotopic (exact) mass is 206 g/mol. The first-order valence-electron chi connectivity index (χ1n) is 6.51. The lowest BCUT2D eigenvalue weighted by Gasteiger charge is -2.40. The van der Waals surface area contributed by atoms with Gasteiger partial charge in [-0.3, -0.25) is 4.90 Å². The van der Waals surface area contributed by atoms with Crippen LogP contribution in [-0.4, -0.2) is 30.1 Å². The standard InChI is InChI=1S/C13H22N2/c1-14-11-13-9-5-6-10-15(13)12-7-3-2-4-8-12/h12-13H,2-11H2. The molecule has 2 fully saturated rings. The Balaban J connectivity index is 1.93. The third-order valence-corrected chi connectivity index (χ3v) is 4.02. The predicted molar refractivity (Wildman–Crippen MR) is 62.7 cm³/mol. The van der Waals surface area contributed by atoms with Gasteiger partial charge < -0.3 is 4.85 Å². The minimum atomic E-state index is 0.583. The fraction of sp³-hybridized carbons (Fsp3) is 0.923. The van der Waals surface area contributed by atoms with E-state index in [1.807, 2.05) is 0 Å². The minimum Gasteiger partial charge on any atom is -0.315 e. The number of hydrogen-bond donors (Lipinski definition) is 0. The fourth-order valence-electron chi connectivity index (χ4n) is 3.22. The molecular formula is C13H22N2. The van der Waals surface area contributed by atoms with E-state index in [1.165, 1.54) is 57.9 Å². The molecule has 1 aliphatic heterocycles.